The van der Waals surface area contributed by atoms with Gasteiger partial charge in [0.05, 0.1) is 5.38 Å². The van der Waals surface area contributed by atoms with E-state index < -0.39 is 0 Å². The minimum atomic E-state index is -0.206. The Hall–Kier alpha value is -0.570. The second-order valence-corrected chi connectivity index (χ2v) is 4.56. The lowest BCUT2D eigenvalue weighted by molar-refractivity contribution is -0.157. The molecule has 2 rings (SSSR count). The van der Waals surface area contributed by atoms with Crippen LogP contribution in [-0.4, -0.2) is 18.3 Å². The van der Waals surface area contributed by atoms with Crippen molar-refractivity contribution in [2.24, 2.45) is 0 Å². The molecule has 2 nitrogen and oxygen atoms in total. The summed E-state index contributed by atoms with van der Waals surface area (Å²) in [5, 5.41) is 0.0142. The van der Waals surface area contributed by atoms with Gasteiger partial charge in [-0.25, -0.2) is 0 Å². The zero-order chi connectivity index (χ0) is 11.5. The molecule has 0 bridgehead atoms. The van der Waals surface area contributed by atoms with E-state index in [1.165, 1.54) is 11.1 Å². The van der Waals surface area contributed by atoms with Crippen LogP contribution >= 0.6 is 11.6 Å². The van der Waals surface area contributed by atoms with Crippen LogP contribution < -0.4 is 0 Å². The maximum absolute atomic E-state index is 6.31. The molecule has 1 unspecified atom stereocenters. The smallest absolute Gasteiger partial charge is 0.155 e. The van der Waals surface area contributed by atoms with Crippen molar-refractivity contribution in [2.45, 2.75) is 38.0 Å². The van der Waals surface area contributed by atoms with Crippen molar-refractivity contribution < 1.29 is 9.47 Å². The highest BCUT2D eigenvalue weighted by Crippen LogP contribution is 2.38. The van der Waals surface area contributed by atoms with E-state index >= 15 is 0 Å². The third-order valence-electron chi connectivity index (χ3n) is 2.84. The Morgan fingerprint density at radius 1 is 1.44 bits per heavy atom. The highest BCUT2D eigenvalue weighted by molar-refractivity contribution is 6.21. The van der Waals surface area contributed by atoms with Crippen molar-refractivity contribution >= 4 is 11.6 Å². The number of rotatable bonds is 4. The molecule has 0 N–H and O–H groups in total. The molecule has 0 aliphatic heterocycles. The van der Waals surface area contributed by atoms with Crippen LogP contribution in [0, 0.1) is 0 Å². The van der Waals surface area contributed by atoms with Crippen molar-refractivity contribution in [3.05, 3.63) is 35.4 Å². The van der Waals surface area contributed by atoms with E-state index in [-0.39, 0.29) is 17.8 Å². The van der Waals surface area contributed by atoms with Crippen LogP contribution in [0.2, 0.25) is 0 Å². The Labute approximate surface area is 102 Å². The first-order chi connectivity index (χ1) is 7.72. The predicted octanol–water partition coefficient (Wildman–Crippen LogP) is 3.29. The van der Waals surface area contributed by atoms with E-state index in [0.29, 0.717) is 6.61 Å². The summed E-state index contributed by atoms with van der Waals surface area (Å²) < 4.78 is 11.2. The Balaban J connectivity index is 2.10. The van der Waals surface area contributed by atoms with Crippen LogP contribution in [0.25, 0.3) is 0 Å². The summed E-state index contributed by atoms with van der Waals surface area (Å²) >= 11 is 6.31. The highest BCUT2D eigenvalue weighted by Gasteiger charge is 2.32. The van der Waals surface area contributed by atoms with Crippen LogP contribution in [-0.2, 0) is 15.9 Å². The Morgan fingerprint density at radius 2 is 2.19 bits per heavy atom. The first-order valence-electron chi connectivity index (χ1n) is 5.71. The Kier molecular flexibility index (Phi) is 3.85. The first kappa shape index (κ1) is 11.9. The van der Waals surface area contributed by atoms with E-state index in [9.17, 15) is 0 Å². The van der Waals surface area contributed by atoms with Crippen LogP contribution in [0.4, 0.5) is 0 Å². The van der Waals surface area contributed by atoms with Crippen molar-refractivity contribution in [2.75, 3.05) is 6.61 Å². The fourth-order valence-electron chi connectivity index (χ4n) is 2.15. The van der Waals surface area contributed by atoms with E-state index in [0.717, 1.165) is 6.42 Å². The van der Waals surface area contributed by atoms with E-state index in [4.69, 9.17) is 21.1 Å². The Morgan fingerprint density at radius 3 is 2.94 bits per heavy atom. The zero-order valence-corrected chi connectivity index (χ0v) is 10.4. The van der Waals surface area contributed by atoms with Gasteiger partial charge in [0.25, 0.3) is 0 Å². The van der Waals surface area contributed by atoms with Crippen molar-refractivity contribution in [3.63, 3.8) is 0 Å². The topological polar surface area (TPSA) is 18.5 Å². The molecule has 1 aromatic rings. The third-order valence-corrected chi connectivity index (χ3v) is 3.23. The van der Waals surface area contributed by atoms with Crippen molar-refractivity contribution in [1.82, 2.24) is 0 Å². The molecule has 0 heterocycles. The molecule has 88 valence electrons. The highest BCUT2D eigenvalue weighted by atomic mass is 35.5. The molecule has 3 atom stereocenters. The number of halogens is 1. The van der Waals surface area contributed by atoms with E-state index in [1.54, 1.807) is 0 Å². The van der Waals surface area contributed by atoms with Gasteiger partial charge in [-0.1, -0.05) is 24.3 Å². The van der Waals surface area contributed by atoms with Gasteiger partial charge in [0, 0.05) is 6.61 Å². The molecular weight excluding hydrogens is 224 g/mol. The second-order valence-electron chi connectivity index (χ2n) is 4.00. The van der Waals surface area contributed by atoms with Gasteiger partial charge in [-0.3, -0.25) is 0 Å². The molecule has 0 amide bonds. The fourth-order valence-corrected chi connectivity index (χ4v) is 2.51. The van der Waals surface area contributed by atoms with Gasteiger partial charge in [0.15, 0.2) is 6.29 Å². The maximum atomic E-state index is 6.31. The summed E-state index contributed by atoms with van der Waals surface area (Å²) in [6.07, 6.45) is 0.628. The number of alkyl halides is 1. The zero-order valence-electron chi connectivity index (χ0n) is 9.65. The van der Waals surface area contributed by atoms with Gasteiger partial charge in [-0.2, -0.15) is 0 Å². The van der Waals surface area contributed by atoms with E-state index in [1.807, 2.05) is 26.0 Å². The number of benzene rings is 1. The molecule has 0 aromatic heterocycles. The van der Waals surface area contributed by atoms with Gasteiger partial charge in [0.2, 0.25) is 0 Å². The predicted molar refractivity (Wildman–Crippen MR) is 64.7 cm³/mol. The monoisotopic (exact) mass is 240 g/mol. The molecule has 0 radical (unpaired) electrons. The molecule has 0 saturated heterocycles. The molecule has 3 heteroatoms. The van der Waals surface area contributed by atoms with Crippen molar-refractivity contribution in [1.29, 1.82) is 0 Å². The lowest BCUT2D eigenvalue weighted by Gasteiger charge is -2.21. The molecule has 0 saturated carbocycles. The van der Waals surface area contributed by atoms with Crippen LogP contribution in [0.15, 0.2) is 24.3 Å². The summed E-state index contributed by atoms with van der Waals surface area (Å²) in [5.41, 5.74) is 2.49. The average molecular weight is 241 g/mol. The van der Waals surface area contributed by atoms with Gasteiger partial charge in [0.1, 0.15) is 6.10 Å². The summed E-state index contributed by atoms with van der Waals surface area (Å²) in [6, 6.07) is 8.26. The third kappa shape index (κ3) is 2.40. The number of hydrogen-bond acceptors (Lipinski definition) is 2. The van der Waals surface area contributed by atoms with E-state index in [2.05, 4.69) is 12.1 Å². The summed E-state index contributed by atoms with van der Waals surface area (Å²) in [5.74, 6) is 0. The van der Waals surface area contributed by atoms with Crippen molar-refractivity contribution in [3.8, 4) is 0 Å². The number of ether oxygens (including phenoxy) is 2. The maximum Gasteiger partial charge on any atom is 0.155 e. The minimum Gasteiger partial charge on any atom is -0.353 e. The first-order valence-corrected chi connectivity index (χ1v) is 6.15. The standard InChI is InChI=1S/C13H17ClO2/c1-3-15-9(2)16-13-11-7-5-4-6-10(11)8-12(13)14/h4-7,9,12-13H,3,8H2,1-2H3/t9?,12-,13-/m1/s1. The van der Waals surface area contributed by atoms with Gasteiger partial charge in [-0.15, -0.1) is 11.6 Å². The fraction of sp³-hybridized carbons (Fsp3) is 0.538. The molecule has 0 fully saturated rings. The molecular formula is C13H17ClO2. The second kappa shape index (κ2) is 5.17. The largest absolute Gasteiger partial charge is 0.353 e. The van der Waals surface area contributed by atoms with Crippen LogP contribution in [0.1, 0.15) is 31.1 Å². The van der Waals surface area contributed by atoms with Gasteiger partial charge in [-0.05, 0) is 31.4 Å². The quantitative estimate of drug-likeness (QED) is 0.594. The number of fused-ring (bicyclic) bond motifs is 1. The Bertz CT molecular complexity index is 354. The summed E-state index contributed by atoms with van der Waals surface area (Å²) in [6.45, 7) is 4.52. The lowest BCUT2D eigenvalue weighted by atomic mass is 10.1. The summed E-state index contributed by atoms with van der Waals surface area (Å²) in [7, 11) is 0. The van der Waals surface area contributed by atoms with Gasteiger partial charge >= 0.3 is 0 Å². The van der Waals surface area contributed by atoms with Crippen LogP contribution in [0.5, 0.6) is 0 Å². The SMILES string of the molecule is CCOC(C)O[C@@H]1c2ccccc2C[C@H]1Cl. The molecule has 1 aliphatic rings. The molecule has 1 aliphatic carbocycles. The molecule has 16 heavy (non-hydrogen) atoms. The summed E-state index contributed by atoms with van der Waals surface area (Å²) in [4.78, 5) is 0. The molecule has 0 spiro atoms. The van der Waals surface area contributed by atoms with Gasteiger partial charge < -0.3 is 9.47 Å². The van der Waals surface area contributed by atoms with Crippen LogP contribution in [0.3, 0.4) is 0 Å². The normalized spacial score (nSPS) is 25.4. The molecule has 1 aromatic carbocycles. The minimum absolute atomic E-state index is 0.0142. The average Bonchev–Trinajstić information content (AvgIpc) is 2.56. The number of hydrogen-bond donors (Lipinski definition) is 0. The lowest BCUT2D eigenvalue weighted by Crippen LogP contribution is -2.20.